The normalized spacial score (nSPS) is 12.8. The molecule has 0 amide bonds. The standard InChI is InChI=1S/C12H25N/c1-10(9-11(2,3)4)13(8)12(5,6)7/h1,9H2,2-8H3. The van der Waals surface area contributed by atoms with Crippen molar-refractivity contribution < 1.29 is 0 Å². The van der Waals surface area contributed by atoms with Crippen LogP contribution in [0.25, 0.3) is 0 Å². The van der Waals surface area contributed by atoms with E-state index in [2.05, 4.69) is 60.1 Å². The van der Waals surface area contributed by atoms with E-state index in [1.54, 1.807) is 0 Å². The van der Waals surface area contributed by atoms with E-state index < -0.39 is 0 Å². The minimum absolute atomic E-state index is 0.183. The Morgan fingerprint density at radius 2 is 1.46 bits per heavy atom. The molecule has 1 heteroatoms. The highest BCUT2D eigenvalue weighted by molar-refractivity contribution is 5.00. The number of nitrogens with zero attached hydrogens (tertiary/aromatic N) is 1. The van der Waals surface area contributed by atoms with Crippen LogP contribution in [0.15, 0.2) is 12.3 Å². The summed E-state index contributed by atoms with van der Waals surface area (Å²) in [7, 11) is 2.12. The lowest BCUT2D eigenvalue weighted by molar-refractivity contribution is 0.204. The first-order valence-corrected chi connectivity index (χ1v) is 4.96. The van der Waals surface area contributed by atoms with Gasteiger partial charge in [0.15, 0.2) is 0 Å². The zero-order valence-electron chi connectivity index (χ0n) is 10.4. The summed E-state index contributed by atoms with van der Waals surface area (Å²) < 4.78 is 0. The average Bonchev–Trinajstić information content (AvgIpc) is 1.79. The van der Waals surface area contributed by atoms with Crippen molar-refractivity contribution in [1.29, 1.82) is 0 Å². The predicted octanol–water partition coefficient (Wildman–Crippen LogP) is 3.67. The second kappa shape index (κ2) is 3.73. The third-order valence-electron chi connectivity index (χ3n) is 2.21. The number of rotatable bonds is 2. The Morgan fingerprint density at radius 1 is 1.08 bits per heavy atom. The van der Waals surface area contributed by atoms with Gasteiger partial charge in [0.05, 0.1) is 0 Å². The maximum absolute atomic E-state index is 4.13. The maximum atomic E-state index is 4.13. The molecule has 0 aromatic heterocycles. The lowest BCUT2D eigenvalue weighted by atomic mass is 9.89. The lowest BCUT2D eigenvalue weighted by Gasteiger charge is -2.37. The Morgan fingerprint density at radius 3 is 1.69 bits per heavy atom. The third-order valence-corrected chi connectivity index (χ3v) is 2.21. The average molecular weight is 183 g/mol. The SMILES string of the molecule is C=C(CC(C)(C)C)N(C)C(C)(C)C. The van der Waals surface area contributed by atoms with Crippen molar-refractivity contribution in [2.24, 2.45) is 5.41 Å². The molecule has 0 rings (SSSR count). The van der Waals surface area contributed by atoms with Crippen LogP contribution in [0, 0.1) is 5.41 Å². The smallest absolute Gasteiger partial charge is 0.0311 e. The summed E-state index contributed by atoms with van der Waals surface area (Å²) in [6.07, 6.45) is 1.06. The van der Waals surface area contributed by atoms with Gasteiger partial charge in [-0.05, 0) is 32.6 Å². The van der Waals surface area contributed by atoms with Crippen molar-refractivity contribution in [2.45, 2.75) is 53.5 Å². The minimum atomic E-state index is 0.183. The quantitative estimate of drug-likeness (QED) is 0.631. The van der Waals surface area contributed by atoms with Crippen molar-refractivity contribution in [2.75, 3.05) is 7.05 Å². The second-order valence-corrected chi connectivity index (χ2v) is 6.03. The van der Waals surface area contributed by atoms with Gasteiger partial charge >= 0.3 is 0 Å². The fraction of sp³-hybridized carbons (Fsp3) is 0.833. The van der Waals surface area contributed by atoms with Crippen LogP contribution in [0.5, 0.6) is 0 Å². The van der Waals surface area contributed by atoms with Crippen molar-refractivity contribution in [3.8, 4) is 0 Å². The number of allylic oxidation sites excluding steroid dienone is 1. The maximum Gasteiger partial charge on any atom is 0.0311 e. The summed E-state index contributed by atoms with van der Waals surface area (Å²) >= 11 is 0. The summed E-state index contributed by atoms with van der Waals surface area (Å²) in [6.45, 7) is 17.5. The van der Waals surface area contributed by atoms with Gasteiger partial charge in [-0.3, -0.25) is 0 Å². The summed E-state index contributed by atoms with van der Waals surface area (Å²) in [5.41, 5.74) is 1.74. The molecule has 0 bridgehead atoms. The molecule has 0 radical (unpaired) electrons. The molecule has 0 aromatic rings. The topological polar surface area (TPSA) is 3.24 Å². The monoisotopic (exact) mass is 183 g/mol. The van der Waals surface area contributed by atoms with Crippen LogP contribution in [0.3, 0.4) is 0 Å². The molecule has 0 aliphatic carbocycles. The molecule has 0 aliphatic rings. The van der Waals surface area contributed by atoms with E-state index in [-0.39, 0.29) is 5.54 Å². The van der Waals surface area contributed by atoms with Crippen LogP contribution >= 0.6 is 0 Å². The Balaban J connectivity index is 4.30. The molecule has 0 spiro atoms. The summed E-state index contributed by atoms with van der Waals surface area (Å²) in [6, 6.07) is 0. The summed E-state index contributed by atoms with van der Waals surface area (Å²) in [5, 5.41) is 0. The largest absolute Gasteiger partial charge is 0.373 e. The van der Waals surface area contributed by atoms with Gasteiger partial charge in [0.25, 0.3) is 0 Å². The Kier molecular flexibility index (Phi) is 3.60. The first-order chi connectivity index (χ1) is 5.54. The Labute approximate surface area is 83.8 Å². The van der Waals surface area contributed by atoms with Gasteiger partial charge in [-0.25, -0.2) is 0 Å². The number of hydrogen-bond acceptors (Lipinski definition) is 1. The highest BCUT2D eigenvalue weighted by Gasteiger charge is 2.21. The van der Waals surface area contributed by atoms with Gasteiger partial charge < -0.3 is 4.90 Å². The molecule has 0 fully saturated rings. The summed E-state index contributed by atoms with van der Waals surface area (Å²) in [4.78, 5) is 2.26. The molecule has 1 nitrogen and oxygen atoms in total. The van der Waals surface area contributed by atoms with E-state index >= 15 is 0 Å². The fourth-order valence-corrected chi connectivity index (χ4v) is 1.21. The summed E-state index contributed by atoms with van der Waals surface area (Å²) in [5.74, 6) is 0. The first kappa shape index (κ1) is 12.5. The van der Waals surface area contributed by atoms with Crippen molar-refractivity contribution >= 4 is 0 Å². The zero-order chi connectivity index (χ0) is 10.9. The van der Waals surface area contributed by atoms with Gasteiger partial charge in [-0.15, -0.1) is 0 Å². The molecule has 0 aliphatic heterocycles. The van der Waals surface area contributed by atoms with E-state index in [4.69, 9.17) is 0 Å². The zero-order valence-corrected chi connectivity index (χ0v) is 10.4. The van der Waals surface area contributed by atoms with Crippen LogP contribution in [-0.2, 0) is 0 Å². The molecular weight excluding hydrogens is 158 g/mol. The van der Waals surface area contributed by atoms with Gasteiger partial charge in [0.1, 0.15) is 0 Å². The molecule has 0 saturated carbocycles. The molecule has 78 valence electrons. The van der Waals surface area contributed by atoms with Crippen LogP contribution < -0.4 is 0 Å². The highest BCUT2D eigenvalue weighted by Crippen LogP contribution is 2.27. The molecule has 0 heterocycles. The highest BCUT2D eigenvalue weighted by atomic mass is 15.2. The third kappa shape index (κ3) is 4.97. The molecule has 0 N–H and O–H groups in total. The van der Waals surface area contributed by atoms with E-state index in [1.807, 2.05) is 0 Å². The lowest BCUT2D eigenvalue weighted by Crippen LogP contribution is -2.37. The van der Waals surface area contributed by atoms with Gasteiger partial charge in [0, 0.05) is 18.3 Å². The molecule has 0 unspecified atom stereocenters. The minimum Gasteiger partial charge on any atom is -0.373 e. The van der Waals surface area contributed by atoms with Crippen molar-refractivity contribution in [3.05, 3.63) is 12.3 Å². The van der Waals surface area contributed by atoms with Crippen molar-refractivity contribution in [1.82, 2.24) is 4.90 Å². The Hall–Kier alpha value is -0.460. The van der Waals surface area contributed by atoms with E-state index in [0.717, 1.165) is 6.42 Å². The van der Waals surface area contributed by atoms with E-state index in [1.165, 1.54) is 5.70 Å². The molecule has 0 atom stereocenters. The Bertz CT molecular complexity index is 178. The molecule has 13 heavy (non-hydrogen) atoms. The molecular formula is C12H25N. The van der Waals surface area contributed by atoms with Crippen LogP contribution in [-0.4, -0.2) is 17.5 Å². The number of hydrogen-bond donors (Lipinski definition) is 0. The van der Waals surface area contributed by atoms with Crippen molar-refractivity contribution in [3.63, 3.8) is 0 Å². The van der Waals surface area contributed by atoms with Gasteiger partial charge in [-0.2, -0.15) is 0 Å². The van der Waals surface area contributed by atoms with E-state index in [9.17, 15) is 0 Å². The first-order valence-electron chi connectivity index (χ1n) is 4.96. The van der Waals surface area contributed by atoms with Gasteiger partial charge in [0.2, 0.25) is 0 Å². The van der Waals surface area contributed by atoms with Crippen LogP contribution in [0.4, 0.5) is 0 Å². The predicted molar refractivity (Wildman–Crippen MR) is 60.7 cm³/mol. The fourth-order valence-electron chi connectivity index (χ4n) is 1.21. The van der Waals surface area contributed by atoms with Crippen LogP contribution in [0.1, 0.15) is 48.0 Å². The van der Waals surface area contributed by atoms with E-state index in [0.29, 0.717) is 5.41 Å². The molecule has 0 saturated heterocycles. The molecule has 0 aromatic carbocycles. The van der Waals surface area contributed by atoms with Crippen LogP contribution in [0.2, 0.25) is 0 Å². The van der Waals surface area contributed by atoms with Gasteiger partial charge in [-0.1, -0.05) is 27.4 Å². The second-order valence-electron chi connectivity index (χ2n) is 6.03.